The molecule has 1 saturated carbocycles. The second-order valence-electron chi connectivity index (χ2n) is 5.72. The van der Waals surface area contributed by atoms with Crippen molar-refractivity contribution < 1.29 is 8.42 Å². The van der Waals surface area contributed by atoms with E-state index in [9.17, 15) is 8.42 Å². The van der Waals surface area contributed by atoms with E-state index in [0.29, 0.717) is 6.04 Å². The van der Waals surface area contributed by atoms with Crippen molar-refractivity contribution in [2.24, 2.45) is 0 Å². The first-order chi connectivity index (χ1) is 9.41. The maximum absolute atomic E-state index is 12.5. The number of rotatable bonds is 3. The summed E-state index contributed by atoms with van der Waals surface area (Å²) in [6.07, 6.45) is 1.49. The van der Waals surface area contributed by atoms with Crippen LogP contribution in [-0.2, 0) is 9.84 Å². The van der Waals surface area contributed by atoms with Crippen molar-refractivity contribution in [3.8, 4) is 0 Å². The quantitative estimate of drug-likeness (QED) is 0.888. The molecule has 0 spiro atoms. The third-order valence-electron chi connectivity index (χ3n) is 4.15. The Morgan fingerprint density at radius 1 is 1.35 bits per heavy atom. The molecule has 3 rings (SSSR count). The lowest BCUT2D eigenvalue weighted by Gasteiger charge is -2.38. The van der Waals surface area contributed by atoms with E-state index in [2.05, 4.69) is 28.1 Å². The normalized spacial score (nSPS) is 25.1. The molecule has 2 N–H and O–H groups in total. The molecule has 0 aromatic carbocycles. The number of sulfone groups is 1. The third kappa shape index (κ3) is 2.29. The Bertz CT molecular complexity index is 609. The predicted molar refractivity (Wildman–Crippen MR) is 81.0 cm³/mol. The Balaban J connectivity index is 1.95. The summed E-state index contributed by atoms with van der Waals surface area (Å²) in [6, 6.07) is 0.392. The summed E-state index contributed by atoms with van der Waals surface area (Å²) in [5, 5.41) is 0.485. The minimum absolute atomic E-state index is 0.170. The van der Waals surface area contributed by atoms with Gasteiger partial charge in [0.25, 0.3) is 0 Å². The monoisotopic (exact) mass is 316 g/mol. The standard InChI is InChI=1S/C12H20N4O2S2/c1-8-7-16(6-5-15(8)2)12-10(11(13)14-19-12)20(17,18)9-3-4-9/h8-9H,3-7H2,1-2H3,(H2,13,14). The molecular weight excluding hydrogens is 296 g/mol. The van der Waals surface area contributed by atoms with Gasteiger partial charge in [0.2, 0.25) is 0 Å². The summed E-state index contributed by atoms with van der Waals surface area (Å²) >= 11 is 1.21. The van der Waals surface area contributed by atoms with Gasteiger partial charge in [-0.2, -0.15) is 4.37 Å². The number of anilines is 2. The highest BCUT2D eigenvalue weighted by molar-refractivity contribution is 7.92. The van der Waals surface area contributed by atoms with E-state index in [-0.39, 0.29) is 16.0 Å². The SMILES string of the molecule is CC1CN(c2snc(N)c2S(=O)(=O)C2CC2)CCN1C. The average Bonchev–Trinajstić information content (AvgIpc) is 3.17. The van der Waals surface area contributed by atoms with E-state index in [1.807, 2.05) is 0 Å². The first kappa shape index (κ1) is 14.1. The zero-order valence-corrected chi connectivity index (χ0v) is 13.4. The van der Waals surface area contributed by atoms with Crippen LogP contribution in [0, 0.1) is 0 Å². The topological polar surface area (TPSA) is 79.5 Å². The number of hydrogen-bond donors (Lipinski definition) is 1. The largest absolute Gasteiger partial charge is 0.382 e. The van der Waals surface area contributed by atoms with Gasteiger partial charge in [0.05, 0.1) is 5.25 Å². The van der Waals surface area contributed by atoms with E-state index < -0.39 is 9.84 Å². The van der Waals surface area contributed by atoms with Crippen LogP contribution in [0.15, 0.2) is 4.90 Å². The molecule has 1 aromatic heterocycles. The number of nitrogen functional groups attached to an aromatic ring is 1. The molecule has 6 nitrogen and oxygen atoms in total. The molecule has 20 heavy (non-hydrogen) atoms. The lowest BCUT2D eigenvalue weighted by molar-refractivity contribution is 0.234. The van der Waals surface area contributed by atoms with Crippen molar-refractivity contribution in [2.75, 3.05) is 37.3 Å². The molecule has 2 heterocycles. The molecule has 0 bridgehead atoms. The molecule has 0 radical (unpaired) electrons. The van der Waals surface area contributed by atoms with E-state index in [1.54, 1.807) is 0 Å². The van der Waals surface area contributed by atoms with Crippen LogP contribution in [-0.4, -0.2) is 55.7 Å². The fourth-order valence-electron chi connectivity index (χ4n) is 2.53. The van der Waals surface area contributed by atoms with Gasteiger partial charge in [-0.3, -0.25) is 0 Å². The molecule has 1 aromatic rings. The second kappa shape index (κ2) is 4.85. The number of likely N-dealkylation sites (N-methyl/N-ethyl adjacent to an activating group) is 1. The molecule has 2 aliphatic rings. The van der Waals surface area contributed by atoms with Crippen LogP contribution in [0.2, 0.25) is 0 Å². The van der Waals surface area contributed by atoms with Crippen molar-refractivity contribution in [1.82, 2.24) is 9.27 Å². The predicted octanol–water partition coefficient (Wildman–Crippen LogP) is 0.802. The van der Waals surface area contributed by atoms with Crippen LogP contribution >= 0.6 is 11.5 Å². The van der Waals surface area contributed by atoms with E-state index >= 15 is 0 Å². The summed E-state index contributed by atoms with van der Waals surface area (Å²) in [5.41, 5.74) is 5.84. The van der Waals surface area contributed by atoms with Gasteiger partial charge < -0.3 is 15.5 Å². The summed E-state index contributed by atoms with van der Waals surface area (Å²) in [7, 11) is -1.21. The van der Waals surface area contributed by atoms with Gasteiger partial charge in [0.1, 0.15) is 9.90 Å². The highest BCUT2D eigenvalue weighted by Crippen LogP contribution is 2.42. The molecule has 1 atom stereocenters. The summed E-state index contributed by atoms with van der Waals surface area (Å²) in [6.45, 7) is 4.69. The van der Waals surface area contributed by atoms with Crippen molar-refractivity contribution in [2.45, 2.75) is 36.0 Å². The lowest BCUT2D eigenvalue weighted by Crippen LogP contribution is -2.50. The molecule has 8 heteroatoms. The van der Waals surface area contributed by atoms with Crippen LogP contribution in [0.3, 0.4) is 0 Å². The van der Waals surface area contributed by atoms with Crippen molar-refractivity contribution >= 4 is 32.2 Å². The molecule has 1 saturated heterocycles. The van der Waals surface area contributed by atoms with Crippen LogP contribution in [0.4, 0.5) is 10.8 Å². The molecule has 1 aliphatic carbocycles. The Kier molecular flexibility index (Phi) is 3.42. The first-order valence-corrected chi connectivity index (χ1v) is 9.17. The molecule has 1 aliphatic heterocycles. The average molecular weight is 316 g/mol. The van der Waals surface area contributed by atoms with Gasteiger partial charge in [-0.05, 0) is 38.3 Å². The lowest BCUT2D eigenvalue weighted by atomic mass is 10.2. The number of hydrogen-bond acceptors (Lipinski definition) is 7. The number of nitrogens with zero attached hydrogens (tertiary/aromatic N) is 3. The molecule has 112 valence electrons. The highest BCUT2D eigenvalue weighted by atomic mass is 32.2. The van der Waals surface area contributed by atoms with Gasteiger partial charge in [-0.15, -0.1) is 0 Å². The fraction of sp³-hybridized carbons (Fsp3) is 0.750. The van der Waals surface area contributed by atoms with Crippen LogP contribution in [0.1, 0.15) is 19.8 Å². The second-order valence-corrected chi connectivity index (χ2v) is 8.64. The third-order valence-corrected chi connectivity index (χ3v) is 7.53. The highest BCUT2D eigenvalue weighted by Gasteiger charge is 2.42. The van der Waals surface area contributed by atoms with Crippen LogP contribution in [0.5, 0.6) is 0 Å². The van der Waals surface area contributed by atoms with E-state index in [1.165, 1.54) is 11.5 Å². The zero-order chi connectivity index (χ0) is 14.5. The van der Waals surface area contributed by atoms with Crippen molar-refractivity contribution in [3.05, 3.63) is 0 Å². The zero-order valence-electron chi connectivity index (χ0n) is 11.7. The number of nitrogens with two attached hydrogens (primary N) is 1. The van der Waals surface area contributed by atoms with Gasteiger partial charge in [-0.1, -0.05) is 0 Å². The summed E-state index contributed by atoms with van der Waals surface area (Å²) in [5.74, 6) is 0.170. The Morgan fingerprint density at radius 2 is 2.05 bits per heavy atom. The maximum Gasteiger partial charge on any atom is 0.187 e. The Morgan fingerprint density at radius 3 is 2.65 bits per heavy atom. The van der Waals surface area contributed by atoms with E-state index in [0.717, 1.165) is 37.5 Å². The van der Waals surface area contributed by atoms with Crippen LogP contribution < -0.4 is 10.6 Å². The minimum atomic E-state index is -3.30. The summed E-state index contributed by atoms with van der Waals surface area (Å²) < 4.78 is 29.2. The molecule has 0 amide bonds. The van der Waals surface area contributed by atoms with Gasteiger partial charge in [0, 0.05) is 25.7 Å². The first-order valence-electron chi connectivity index (χ1n) is 6.85. The number of aromatic nitrogens is 1. The van der Waals surface area contributed by atoms with Crippen LogP contribution in [0.25, 0.3) is 0 Å². The van der Waals surface area contributed by atoms with Gasteiger partial charge >= 0.3 is 0 Å². The van der Waals surface area contributed by atoms with E-state index in [4.69, 9.17) is 5.73 Å². The van der Waals surface area contributed by atoms with Gasteiger partial charge in [-0.25, -0.2) is 8.42 Å². The smallest absolute Gasteiger partial charge is 0.187 e. The van der Waals surface area contributed by atoms with Crippen molar-refractivity contribution in [3.63, 3.8) is 0 Å². The molecule has 2 fully saturated rings. The Hall–Kier alpha value is -0.860. The fourth-order valence-corrected chi connectivity index (χ4v) is 5.59. The Labute approximate surface area is 123 Å². The maximum atomic E-state index is 12.5. The number of piperazine rings is 1. The minimum Gasteiger partial charge on any atom is -0.382 e. The molecular formula is C12H20N4O2S2. The molecule has 1 unspecified atom stereocenters. The summed E-state index contributed by atoms with van der Waals surface area (Å²) in [4.78, 5) is 4.67. The van der Waals surface area contributed by atoms with Crippen molar-refractivity contribution in [1.29, 1.82) is 0 Å². The van der Waals surface area contributed by atoms with Gasteiger partial charge in [0.15, 0.2) is 15.7 Å².